The van der Waals surface area contributed by atoms with Crippen LogP contribution in [0.4, 0.5) is 0 Å². The maximum absolute atomic E-state index is 12.6. The van der Waals surface area contributed by atoms with Gasteiger partial charge in [-0.3, -0.25) is 9.59 Å². The molecule has 2 atom stereocenters. The monoisotopic (exact) mass is 1280 g/mol. The van der Waals surface area contributed by atoms with Crippen molar-refractivity contribution < 1.29 is 24.5 Å². The van der Waals surface area contributed by atoms with Crippen LogP contribution in [-0.4, -0.2) is 47.4 Å². The summed E-state index contributed by atoms with van der Waals surface area (Å²) >= 11 is 0. The number of nitrogens with one attached hydrogen (secondary N) is 1. The van der Waals surface area contributed by atoms with Gasteiger partial charge in [0.05, 0.1) is 25.4 Å². The molecule has 0 aromatic rings. The topological polar surface area (TPSA) is 95.9 Å². The van der Waals surface area contributed by atoms with Crippen LogP contribution in [0.1, 0.15) is 495 Å². The molecule has 2 unspecified atom stereocenters. The highest BCUT2D eigenvalue weighted by atomic mass is 16.5. The van der Waals surface area contributed by atoms with E-state index < -0.39 is 12.1 Å². The zero-order chi connectivity index (χ0) is 65.6. The van der Waals surface area contributed by atoms with Crippen LogP contribution in [0, 0.1) is 0 Å². The minimum absolute atomic E-state index is 0.0269. The lowest BCUT2D eigenvalue weighted by Gasteiger charge is -2.20. The second kappa shape index (κ2) is 81.0. The second-order valence-corrected chi connectivity index (χ2v) is 29.5. The summed E-state index contributed by atoms with van der Waals surface area (Å²) in [6.45, 7) is 4.98. The molecule has 6 nitrogen and oxygen atoms in total. The highest BCUT2D eigenvalue weighted by Crippen LogP contribution is 2.21. The van der Waals surface area contributed by atoms with Crippen LogP contribution < -0.4 is 5.32 Å². The fourth-order valence-electron chi connectivity index (χ4n) is 13.9. The van der Waals surface area contributed by atoms with Crippen molar-refractivity contribution >= 4 is 11.9 Å². The Bertz CT molecular complexity index is 1380. The smallest absolute Gasteiger partial charge is 0.305 e. The Kier molecular flexibility index (Phi) is 79.8. The number of allylic oxidation sites excluding steroid dienone is 1. The molecule has 0 aliphatic heterocycles. The zero-order valence-electron chi connectivity index (χ0n) is 62.4. The van der Waals surface area contributed by atoms with Crippen LogP contribution in [0.2, 0.25) is 0 Å². The van der Waals surface area contributed by atoms with Crippen LogP contribution in [-0.2, 0) is 14.3 Å². The Labute approximate surface area is 571 Å². The van der Waals surface area contributed by atoms with E-state index in [-0.39, 0.29) is 18.5 Å². The molecule has 0 aliphatic carbocycles. The standard InChI is InChI=1S/C85H167NO5/c1-3-5-7-9-11-13-15-17-19-21-22-23-24-36-39-42-46-49-53-57-61-65-69-73-77-83(88)82(81-87)86-84(89)78-74-70-66-62-58-54-50-47-43-40-37-34-32-30-28-26-25-27-29-31-33-35-38-41-44-48-52-56-60-64-68-72-76-80-91-85(90)79-75-71-67-63-59-55-51-45-20-18-16-14-12-10-8-6-4-2/h73,77,82-83,87-88H,3-72,74-76,78-81H2,1-2H3,(H,86,89)/b77-73+. The highest BCUT2D eigenvalue weighted by Gasteiger charge is 2.18. The minimum Gasteiger partial charge on any atom is -0.466 e. The summed E-state index contributed by atoms with van der Waals surface area (Å²) < 4.78 is 5.52. The van der Waals surface area contributed by atoms with Gasteiger partial charge in [0.2, 0.25) is 5.91 Å². The van der Waals surface area contributed by atoms with Gasteiger partial charge in [0.1, 0.15) is 0 Å². The number of amides is 1. The molecule has 1 amide bonds. The largest absolute Gasteiger partial charge is 0.466 e. The van der Waals surface area contributed by atoms with Crippen molar-refractivity contribution in [1.82, 2.24) is 5.32 Å². The van der Waals surface area contributed by atoms with Crippen molar-refractivity contribution in [2.24, 2.45) is 0 Å². The molecule has 0 saturated heterocycles. The quantitative estimate of drug-likeness (QED) is 0.0320. The number of ether oxygens (including phenoxy) is 1. The Hall–Kier alpha value is -1.40. The third-order valence-corrected chi connectivity index (χ3v) is 20.3. The van der Waals surface area contributed by atoms with E-state index in [0.717, 1.165) is 38.5 Å². The summed E-state index contributed by atoms with van der Waals surface area (Å²) in [4.78, 5) is 24.7. The van der Waals surface area contributed by atoms with Crippen molar-refractivity contribution in [3.05, 3.63) is 12.2 Å². The van der Waals surface area contributed by atoms with E-state index in [9.17, 15) is 19.8 Å². The van der Waals surface area contributed by atoms with Gasteiger partial charge in [0.25, 0.3) is 0 Å². The molecule has 91 heavy (non-hydrogen) atoms. The van der Waals surface area contributed by atoms with Gasteiger partial charge in [-0.2, -0.15) is 0 Å². The lowest BCUT2D eigenvalue weighted by Crippen LogP contribution is -2.45. The zero-order valence-corrected chi connectivity index (χ0v) is 62.4. The van der Waals surface area contributed by atoms with Gasteiger partial charge in [0.15, 0.2) is 0 Å². The van der Waals surface area contributed by atoms with E-state index in [1.807, 2.05) is 6.08 Å². The average molecular weight is 1280 g/mol. The van der Waals surface area contributed by atoms with Crippen molar-refractivity contribution in [2.75, 3.05) is 13.2 Å². The molecule has 6 heteroatoms. The number of rotatable bonds is 81. The van der Waals surface area contributed by atoms with Gasteiger partial charge < -0.3 is 20.3 Å². The van der Waals surface area contributed by atoms with Crippen molar-refractivity contribution in [3.63, 3.8) is 0 Å². The molecule has 0 heterocycles. The first kappa shape index (κ1) is 89.6. The molecule has 0 aromatic carbocycles. The number of aliphatic hydroxyl groups excluding tert-OH is 2. The number of carbonyl (C=O) groups is 2. The average Bonchev–Trinajstić information content (AvgIpc) is 3.64. The number of unbranched alkanes of at least 4 members (excludes halogenated alkanes) is 70. The molecule has 0 rings (SSSR count). The third kappa shape index (κ3) is 77.5. The molecule has 0 radical (unpaired) electrons. The van der Waals surface area contributed by atoms with E-state index in [4.69, 9.17) is 4.74 Å². The van der Waals surface area contributed by atoms with E-state index in [0.29, 0.717) is 19.4 Å². The summed E-state index contributed by atoms with van der Waals surface area (Å²) in [5.41, 5.74) is 0. The van der Waals surface area contributed by atoms with Crippen molar-refractivity contribution in [1.29, 1.82) is 0 Å². The molecule has 0 saturated carbocycles. The van der Waals surface area contributed by atoms with Crippen LogP contribution >= 0.6 is 0 Å². The Morgan fingerprint density at radius 1 is 0.297 bits per heavy atom. The highest BCUT2D eigenvalue weighted by molar-refractivity contribution is 5.76. The first-order chi connectivity index (χ1) is 45.0. The molecule has 0 bridgehead atoms. The molecular weight excluding hydrogens is 1110 g/mol. The molecule has 0 fully saturated rings. The van der Waals surface area contributed by atoms with Gasteiger partial charge in [-0.1, -0.05) is 463 Å². The Balaban J connectivity index is 3.33. The molecular formula is C85H167NO5. The van der Waals surface area contributed by atoms with Crippen molar-refractivity contribution in [2.45, 2.75) is 508 Å². The second-order valence-electron chi connectivity index (χ2n) is 29.5. The lowest BCUT2D eigenvalue weighted by atomic mass is 10.0. The number of aliphatic hydroxyl groups is 2. The first-order valence-electron chi connectivity index (χ1n) is 42.5. The summed E-state index contributed by atoms with van der Waals surface area (Å²) in [6.07, 6.45) is 104. The van der Waals surface area contributed by atoms with Gasteiger partial charge in [0, 0.05) is 12.8 Å². The summed E-state index contributed by atoms with van der Waals surface area (Å²) in [7, 11) is 0. The number of esters is 1. The van der Waals surface area contributed by atoms with E-state index in [1.165, 1.54) is 430 Å². The maximum atomic E-state index is 12.6. The minimum atomic E-state index is -0.842. The van der Waals surface area contributed by atoms with E-state index in [1.54, 1.807) is 6.08 Å². The Morgan fingerprint density at radius 2 is 0.505 bits per heavy atom. The summed E-state index contributed by atoms with van der Waals surface area (Å²) in [6, 6.07) is -0.625. The number of carbonyl (C=O) groups excluding carboxylic acids is 2. The molecule has 3 N–H and O–H groups in total. The SMILES string of the molecule is CCCCCCCCCCCCCCCCCCCCCCCC/C=C/C(O)C(CO)NC(=O)CCCCCCCCCCCCCCCCCCCCCCCCCCCCCCCCCCCOC(=O)CCCCCCCCCCCCCCCCCCC. The normalized spacial score (nSPS) is 12.4. The van der Waals surface area contributed by atoms with Crippen molar-refractivity contribution in [3.8, 4) is 0 Å². The lowest BCUT2D eigenvalue weighted by molar-refractivity contribution is -0.143. The fraction of sp³-hybridized carbons (Fsp3) is 0.953. The first-order valence-corrected chi connectivity index (χ1v) is 42.5. The predicted octanol–water partition coefficient (Wildman–Crippen LogP) is 28.2. The van der Waals surface area contributed by atoms with Gasteiger partial charge in [-0.15, -0.1) is 0 Å². The summed E-state index contributed by atoms with van der Waals surface area (Å²) in [5, 5.41) is 23.3. The van der Waals surface area contributed by atoms with Crippen LogP contribution in [0.3, 0.4) is 0 Å². The fourth-order valence-corrected chi connectivity index (χ4v) is 13.9. The third-order valence-electron chi connectivity index (χ3n) is 20.3. The van der Waals surface area contributed by atoms with E-state index >= 15 is 0 Å². The van der Waals surface area contributed by atoms with Crippen LogP contribution in [0.25, 0.3) is 0 Å². The van der Waals surface area contributed by atoms with Gasteiger partial charge >= 0.3 is 5.97 Å². The summed E-state index contributed by atoms with van der Waals surface area (Å²) in [5.74, 6) is -0.0301. The van der Waals surface area contributed by atoms with Crippen LogP contribution in [0.5, 0.6) is 0 Å². The Morgan fingerprint density at radius 3 is 0.747 bits per heavy atom. The number of hydrogen-bond acceptors (Lipinski definition) is 5. The molecule has 0 aliphatic rings. The van der Waals surface area contributed by atoms with Gasteiger partial charge in [-0.05, 0) is 32.1 Å². The van der Waals surface area contributed by atoms with E-state index in [2.05, 4.69) is 19.2 Å². The maximum Gasteiger partial charge on any atom is 0.305 e. The van der Waals surface area contributed by atoms with Crippen LogP contribution in [0.15, 0.2) is 12.2 Å². The predicted molar refractivity (Wildman–Crippen MR) is 403 cm³/mol. The molecule has 542 valence electrons. The van der Waals surface area contributed by atoms with Gasteiger partial charge in [-0.25, -0.2) is 0 Å². The number of hydrogen-bond donors (Lipinski definition) is 3. The molecule has 0 spiro atoms. The molecule has 0 aromatic heterocycles.